The Morgan fingerprint density at radius 3 is 2.75 bits per heavy atom. The Labute approximate surface area is 76.6 Å². The normalized spacial score (nSPS) is 11.7. The van der Waals surface area contributed by atoms with E-state index < -0.39 is 0 Å². The van der Waals surface area contributed by atoms with E-state index in [9.17, 15) is 0 Å². The van der Waals surface area contributed by atoms with E-state index in [4.69, 9.17) is 5.73 Å². The summed E-state index contributed by atoms with van der Waals surface area (Å²) in [7, 11) is 1.98. The molecule has 0 radical (unpaired) electrons. The lowest BCUT2D eigenvalue weighted by Gasteiger charge is -2.33. The Morgan fingerprint density at radius 1 is 1.67 bits per heavy atom. The summed E-state index contributed by atoms with van der Waals surface area (Å²) in [6.07, 6.45) is 1.56. The Hall–Kier alpha value is -0.680. The van der Waals surface area contributed by atoms with Gasteiger partial charge in [0.15, 0.2) is 0 Å². The van der Waals surface area contributed by atoms with Crippen LogP contribution in [0.1, 0.15) is 13.8 Å². The van der Waals surface area contributed by atoms with E-state index in [-0.39, 0.29) is 5.54 Å². The van der Waals surface area contributed by atoms with Crippen molar-refractivity contribution in [2.24, 2.45) is 5.73 Å². The molecule has 12 heavy (non-hydrogen) atoms. The Bertz CT molecular complexity index is 232. The van der Waals surface area contributed by atoms with Gasteiger partial charge < -0.3 is 10.6 Å². The summed E-state index contributed by atoms with van der Waals surface area (Å²) in [6, 6.07) is 0. The van der Waals surface area contributed by atoms with Crippen LogP contribution in [0.15, 0.2) is 6.33 Å². The van der Waals surface area contributed by atoms with Crippen molar-refractivity contribution >= 4 is 16.7 Å². The molecule has 2 N–H and O–H groups in total. The average Bonchev–Trinajstić information content (AvgIpc) is 2.55. The maximum Gasteiger partial charge on any atom is 0.205 e. The molecule has 5 heteroatoms. The quantitative estimate of drug-likeness (QED) is 0.755. The first-order chi connectivity index (χ1) is 5.58. The molecule has 1 heterocycles. The number of likely N-dealkylation sites (N-methyl/N-ethyl adjacent to an activating group) is 1. The van der Waals surface area contributed by atoms with Crippen molar-refractivity contribution in [3.05, 3.63) is 6.33 Å². The van der Waals surface area contributed by atoms with Crippen LogP contribution in [0.2, 0.25) is 0 Å². The third kappa shape index (κ3) is 1.73. The van der Waals surface area contributed by atoms with E-state index in [0.29, 0.717) is 6.54 Å². The minimum Gasteiger partial charge on any atom is -0.344 e. The summed E-state index contributed by atoms with van der Waals surface area (Å²) in [4.78, 5) is 6.15. The molecule has 0 aliphatic carbocycles. The first-order valence-corrected chi connectivity index (χ1v) is 4.56. The van der Waals surface area contributed by atoms with E-state index >= 15 is 0 Å². The van der Waals surface area contributed by atoms with Gasteiger partial charge in [0.25, 0.3) is 0 Å². The fourth-order valence-electron chi connectivity index (χ4n) is 0.711. The average molecular weight is 186 g/mol. The van der Waals surface area contributed by atoms with Gasteiger partial charge in [-0.3, -0.25) is 0 Å². The lowest BCUT2D eigenvalue weighted by Crippen LogP contribution is -2.47. The molecule has 0 aromatic carbocycles. The predicted molar refractivity (Wildman–Crippen MR) is 51.4 cm³/mol. The summed E-state index contributed by atoms with van der Waals surface area (Å²) in [5.41, 5.74) is 5.57. The topological polar surface area (TPSA) is 55.0 Å². The van der Waals surface area contributed by atoms with Gasteiger partial charge in [-0.2, -0.15) is 4.37 Å². The van der Waals surface area contributed by atoms with E-state index in [1.165, 1.54) is 11.5 Å². The van der Waals surface area contributed by atoms with Crippen molar-refractivity contribution in [1.82, 2.24) is 9.36 Å². The summed E-state index contributed by atoms with van der Waals surface area (Å²) >= 11 is 1.38. The molecule has 0 saturated heterocycles. The molecule has 0 unspecified atom stereocenters. The van der Waals surface area contributed by atoms with Crippen molar-refractivity contribution in [3.8, 4) is 0 Å². The standard InChI is InChI=1S/C7H14N4S/c1-7(2,4-8)11(3)6-9-5-10-12-6/h5H,4,8H2,1-3H3. The lowest BCUT2D eigenvalue weighted by atomic mass is 10.1. The molecule has 0 atom stereocenters. The van der Waals surface area contributed by atoms with Gasteiger partial charge in [0.2, 0.25) is 5.13 Å². The molecule has 0 aliphatic heterocycles. The maximum atomic E-state index is 5.63. The monoisotopic (exact) mass is 186 g/mol. The molecule has 0 aliphatic rings. The van der Waals surface area contributed by atoms with Crippen LogP contribution in [0.3, 0.4) is 0 Å². The summed E-state index contributed by atoms with van der Waals surface area (Å²) in [5, 5.41) is 0.908. The molecular weight excluding hydrogens is 172 g/mol. The fraction of sp³-hybridized carbons (Fsp3) is 0.714. The van der Waals surface area contributed by atoms with E-state index in [0.717, 1.165) is 5.13 Å². The van der Waals surface area contributed by atoms with E-state index in [1.54, 1.807) is 6.33 Å². The van der Waals surface area contributed by atoms with Crippen LogP contribution in [0, 0.1) is 0 Å². The number of nitrogens with two attached hydrogens (primary N) is 1. The van der Waals surface area contributed by atoms with Gasteiger partial charge in [-0.15, -0.1) is 0 Å². The Balaban J connectivity index is 2.78. The molecule has 0 saturated carbocycles. The van der Waals surface area contributed by atoms with Gasteiger partial charge in [-0.05, 0) is 13.8 Å². The summed E-state index contributed by atoms with van der Waals surface area (Å²) in [6.45, 7) is 4.76. The molecule has 1 rings (SSSR count). The zero-order valence-corrected chi connectivity index (χ0v) is 8.43. The van der Waals surface area contributed by atoms with Crippen LogP contribution in [0.25, 0.3) is 0 Å². The maximum absolute atomic E-state index is 5.63. The van der Waals surface area contributed by atoms with Crippen molar-refractivity contribution in [1.29, 1.82) is 0 Å². The molecule has 0 fully saturated rings. The van der Waals surface area contributed by atoms with Crippen LogP contribution in [0.4, 0.5) is 5.13 Å². The molecule has 4 nitrogen and oxygen atoms in total. The van der Waals surface area contributed by atoms with Crippen molar-refractivity contribution in [2.75, 3.05) is 18.5 Å². The predicted octanol–water partition coefficient (Wildman–Crippen LogP) is 0.712. The fourth-order valence-corrected chi connectivity index (χ4v) is 1.36. The first-order valence-electron chi connectivity index (χ1n) is 3.78. The summed E-state index contributed by atoms with van der Waals surface area (Å²) < 4.78 is 3.94. The molecule has 0 spiro atoms. The van der Waals surface area contributed by atoms with Crippen LogP contribution in [0.5, 0.6) is 0 Å². The lowest BCUT2D eigenvalue weighted by molar-refractivity contribution is 0.498. The largest absolute Gasteiger partial charge is 0.344 e. The van der Waals surface area contributed by atoms with Gasteiger partial charge in [0.05, 0.1) is 0 Å². The molecule has 0 bridgehead atoms. The van der Waals surface area contributed by atoms with Crippen LogP contribution in [-0.2, 0) is 0 Å². The van der Waals surface area contributed by atoms with Crippen LogP contribution < -0.4 is 10.6 Å². The van der Waals surface area contributed by atoms with Gasteiger partial charge in [0.1, 0.15) is 6.33 Å². The van der Waals surface area contributed by atoms with Crippen molar-refractivity contribution in [2.45, 2.75) is 19.4 Å². The zero-order chi connectivity index (χ0) is 9.19. The van der Waals surface area contributed by atoms with Crippen LogP contribution in [-0.4, -0.2) is 28.5 Å². The minimum absolute atomic E-state index is 0.0560. The summed E-state index contributed by atoms with van der Waals surface area (Å²) in [5.74, 6) is 0. The minimum atomic E-state index is -0.0560. The molecule has 0 amide bonds. The number of hydrogen-bond acceptors (Lipinski definition) is 5. The molecule has 1 aromatic rings. The highest BCUT2D eigenvalue weighted by atomic mass is 32.1. The third-order valence-corrected chi connectivity index (χ3v) is 2.79. The third-order valence-electron chi connectivity index (χ3n) is 2.04. The van der Waals surface area contributed by atoms with E-state index in [1.807, 2.05) is 11.9 Å². The van der Waals surface area contributed by atoms with Crippen molar-refractivity contribution in [3.63, 3.8) is 0 Å². The second kappa shape index (κ2) is 3.37. The van der Waals surface area contributed by atoms with E-state index in [2.05, 4.69) is 23.2 Å². The number of anilines is 1. The van der Waals surface area contributed by atoms with Crippen molar-refractivity contribution < 1.29 is 0 Å². The first kappa shape index (κ1) is 9.41. The van der Waals surface area contributed by atoms with Gasteiger partial charge >= 0.3 is 0 Å². The molecule has 1 aromatic heterocycles. The van der Waals surface area contributed by atoms with Gasteiger partial charge in [-0.25, -0.2) is 4.98 Å². The second-order valence-electron chi connectivity index (χ2n) is 3.30. The second-order valence-corrected chi connectivity index (χ2v) is 4.06. The smallest absolute Gasteiger partial charge is 0.205 e. The highest BCUT2D eigenvalue weighted by Gasteiger charge is 2.23. The van der Waals surface area contributed by atoms with Gasteiger partial charge in [-0.1, -0.05) is 0 Å². The molecule has 68 valence electrons. The number of hydrogen-bond donors (Lipinski definition) is 1. The number of nitrogens with zero attached hydrogens (tertiary/aromatic N) is 3. The Morgan fingerprint density at radius 2 is 2.33 bits per heavy atom. The number of aromatic nitrogens is 2. The Kier molecular flexibility index (Phi) is 2.64. The highest BCUT2D eigenvalue weighted by Crippen LogP contribution is 2.21. The van der Waals surface area contributed by atoms with Crippen LogP contribution >= 0.6 is 11.5 Å². The van der Waals surface area contributed by atoms with Gasteiger partial charge in [0, 0.05) is 30.7 Å². The SMILES string of the molecule is CN(c1ncns1)C(C)(C)CN. The highest BCUT2D eigenvalue weighted by molar-refractivity contribution is 7.09. The zero-order valence-electron chi connectivity index (χ0n) is 7.61. The number of rotatable bonds is 3. The molecular formula is C7H14N4S.